The van der Waals surface area contributed by atoms with E-state index in [1.165, 1.54) is 0 Å². The van der Waals surface area contributed by atoms with Gasteiger partial charge in [-0.3, -0.25) is 4.79 Å². The SMILES string of the molecule is Cc1cc(C(=O)CBr)c(C)cc1N. The van der Waals surface area contributed by atoms with Gasteiger partial charge in [0.2, 0.25) is 0 Å². The van der Waals surface area contributed by atoms with Crippen LogP contribution in [-0.4, -0.2) is 11.1 Å². The molecule has 2 nitrogen and oxygen atoms in total. The lowest BCUT2D eigenvalue weighted by Gasteiger charge is -2.06. The van der Waals surface area contributed by atoms with Crippen molar-refractivity contribution in [2.45, 2.75) is 13.8 Å². The zero-order valence-corrected chi connectivity index (χ0v) is 9.31. The molecule has 0 aliphatic carbocycles. The number of Topliss-reactive ketones (excluding diaryl/α,β-unsaturated/α-hetero) is 1. The molecule has 0 atom stereocenters. The lowest BCUT2D eigenvalue weighted by Crippen LogP contribution is -2.04. The van der Waals surface area contributed by atoms with Crippen molar-refractivity contribution in [3.8, 4) is 0 Å². The highest BCUT2D eigenvalue weighted by Gasteiger charge is 2.08. The second kappa shape index (κ2) is 3.92. The molecule has 0 aliphatic heterocycles. The van der Waals surface area contributed by atoms with E-state index in [2.05, 4.69) is 15.9 Å². The summed E-state index contributed by atoms with van der Waals surface area (Å²) in [7, 11) is 0. The fourth-order valence-electron chi connectivity index (χ4n) is 1.21. The van der Waals surface area contributed by atoms with E-state index in [-0.39, 0.29) is 5.78 Å². The van der Waals surface area contributed by atoms with E-state index in [0.29, 0.717) is 5.33 Å². The highest BCUT2D eigenvalue weighted by atomic mass is 79.9. The molecule has 1 aromatic carbocycles. The summed E-state index contributed by atoms with van der Waals surface area (Å²) in [4.78, 5) is 11.4. The van der Waals surface area contributed by atoms with Crippen LogP contribution in [0.4, 0.5) is 5.69 Å². The standard InChI is InChI=1S/C10H12BrNO/c1-6-4-9(12)7(2)3-8(6)10(13)5-11/h3-4H,5,12H2,1-2H3. The fraction of sp³-hybridized carbons (Fsp3) is 0.300. The fourth-order valence-corrected chi connectivity index (χ4v) is 1.51. The van der Waals surface area contributed by atoms with E-state index in [4.69, 9.17) is 5.73 Å². The minimum Gasteiger partial charge on any atom is -0.399 e. The molecule has 0 fully saturated rings. The second-order valence-corrected chi connectivity index (χ2v) is 3.64. The van der Waals surface area contributed by atoms with Gasteiger partial charge in [0.05, 0.1) is 5.33 Å². The molecular weight excluding hydrogens is 230 g/mol. The summed E-state index contributed by atoms with van der Waals surface area (Å²) in [6.45, 7) is 3.80. The summed E-state index contributed by atoms with van der Waals surface area (Å²) >= 11 is 3.15. The first-order valence-corrected chi connectivity index (χ1v) is 5.14. The number of hydrogen-bond donors (Lipinski definition) is 1. The summed E-state index contributed by atoms with van der Waals surface area (Å²) in [5.74, 6) is 0.0978. The van der Waals surface area contributed by atoms with E-state index >= 15 is 0 Å². The third-order valence-corrected chi connectivity index (χ3v) is 2.54. The topological polar surface area (TPSA) is 43.1 Å². The highest BCUT2D eigenvalue weighted by Crippen LogP contribution is 2.18. The molecule has 0 unspecified atom stereocenters. The van der Waals surface area contributed by atoms with Crippen molar-refractivity contribution in [3.63, 3.8) is 0 Å². The molecule has 1 aromatic rings. The number of benzene rings is 1. The molecule has 0 saturated heterocycles. The largest absolute Gasteiger partial charge is 0.399 e. The van der Waals surface area contributed by atoms with E-state index in [0.717, 1.165) is 22.4 Å². The van der Waals surface area contributed by atoms with Gasteiger partial charge in [0.1, 0.15) is 0 Å². The molecule has 0 bridgehead atoms. The quantitative estimate of drug-likeness (QED) is 0.491. The molecule has 2 N–H and O–H groups in total. The van der Waals surface area contributed by atoms with Crippen molar-refractivity contribution in [1.29, 1.82) is 0 Å². The molecule has 0 saturated carbocycles. The molecule has 0 aromatic heterocycles. The van der Waals surface area contributed by atoms with Crippen molar-refractivity contribution in [1.82, 2.24) is 0 Å². The first-order chi connectivity index (χ1) is 6.06. The zero-order chi connectivity index (χ0) is 10.0. The minimum atomic E-state index is 0.0978. The number of carbonyl (C=O) groups is 1. The molecule has 13 heavy (non-hydrogen) atoms. The zero-order valence-electron chi connectivity index (χ0n) is 7.73. The normalized spacial score (nSPS) is 10.1. The molecule has 0 spiro atoms. The van der Waals surface area contributed by atoms with Gasteiger partial charge in [0, 0.05) is 11.3 Å². The lowest BCUT2D eigenvalue weighted by molar-refractivity contribution is 0.102. The first-order valence-electron chi connectivity index (χ1n) is 4.02. The van der Waals surface area contributed by atoms with E-state index in [9.17, 15) is 4.79 Å². The average molecular weight is 242 g/mol. The second-order valence-electron chi connectivity index (χ2n) is 3.08. The summed E-state index contributed by atoms with van der Waals surface area (Å²) in [5.41, 5.74) is 9.09. The Morgan fingerprint density at radius 3 is 2.54 bits per heavy atom. The summed E-state index contributed by atoms with van der Waals surface area (Å²) in [5, 5.41) is 0.358. The van der Waals surface area contributed by atoms with Crippen LogP contribution in [0.3, 0.4) is 0 Å². The van der Waals surface area contributed by atoms with Gasteiger partial charge in [-0.15, -0.1) is 0 Å². The van der Waals surface area contributed by atoms with Crippen molar-refractivity contribution in [2.75, 3.05) is 11.1 Å². The van der Waals surface area contributed by atoms with Gasteiger partial charge in [-0.2, -0.15) is 0 Å². The summed E-state index contributed by atoms with van der Waals surface area (Å²) in [6.07, 6.45) is 0. The Kier molecular flexibility index (Phi) is 3.09. The number of nitrogen functional groups attached to an aromatic ring is 1. The van der Waals surface area contributed by atoms with Gasteiger partial charge in [-0.1, -0.05) is 15.9 Å². The maximum absolute atomic E-state index is 11.4. The molecule has 3 heteroatoms. The van der Waals surface area contributed by atoms with Gasteiger partial charge in [-0.05, 0) is 37.1 Å². The molecule has 70 valence electrons. The van der Waals surface area contributed by atoms with Crippen molar-refractivity contribution in [3.05, 3.63) is 28.8 Å². The van der Waals surface area contributed by atoms with Crippen LogP contribution >= 0.6 is 15.9 Å². The van der Waals surface area contributed by atoms with E-state index < -0.39 is 0 Å². The van der Waals surface area contributed by atoms with Gasteiger partial charge >= 0.3 is 0 Å². The maximum atomic E-state index is 11.4. The van der Waals surface area contributed by atoms with Crippen molar-refractivity contribution >= 4 is 27.4 Å². The first kappa shape index (κ1) is 10.3. The van der Waals surface area contributed by atoms with Crippen LogP contribution in [0.25, 0.3) is 0 Å². The number of carbonyl (C=O) groups excluding carboxylic acids is 1. The third kappa shape index (κ3) is 2.10. The number of hydrogen-bond acceptors (Lipinski definition) is 2. The van der Waals surface area contributed by atoms with Crippen LogP contribution in [0.5, 0.6) is 0 Å². The van der Waals surface area contributed by atoms with Crippen LogP contribution in [0, 0.1) is 13.8 Å². The van der Waals surface area contributed by atoms with Gasteiger partial charge in [0.15, 0.2) is 5.78 Å². The summed E-state index contributed by atoms with van der Waals surface area (Å²) < 4.78 is 0. The Hall–Kier alpha value is -0.830. The van der Waals surface area contributed by atoms with Gasteiger partial charge in [0.25, 0.3) is 0 Å². The predicted octanol–water partition coefficient (Wildman–Crippen LogP) is 2.46. The Morgan fingerprint density at radius 1 is 1.38 bits per heavy atom. The van der Waals surface area contributed by atoms with Crippen molar-refractivity contribution in [2.24, 2.45) is 0 Å². The van der Waals surface area contributed by atoms with Crippen LogP contribution < -0.4 is 5.73 Å². The lowest BCUT2D eigenvalue weighted by atomic mass is 10.0. The monoisotopic (exact) mass is 241 g/mol. The smallest absolute Gasteiger partial charge is 0.173 e. The van der Waals surface area contributed by atoms with Gasteiger partial charge in [-0.25, -0.2) is 0 Å². The average Bonchev–Trinajstić information content (AvgIpc) is 2.10. The Morgan fingerprint density at radius 2 is 2.00 bits per heavy atom. The number of rotatable bonds is 2. The van der Waals surface area contributed by atoms with E-state index in [1.807, 2.05) is 26.0 Å². The van der Waals surface area contributed by atoms with Crippen LogP contribution in [0.15, 0.2) is 12.1 Å². The Balaban J connectivity index is 3.23. The summed E-state index contributed by atoms with van der Waals surface area (Å²) in [6, 6.07) is 3.68. The number of ketones is 1. The molecular formula is C10H12BrNO. The van der Waals surface area contributed by atoms with Crippen LogP contribution in [-0.2, 0) is 0 Å². The minimum absolute atomic E-state index is 0.0978. The molecule has 0 heterocycles. The molecule has 1 rings (SSSR count). The third-order valence-electron chi connectivity index (χ3n) is 2.03. The number of anilines is 1. The van der Waals surface area contributed by atoms with Crippen molar-refractivity contribution < 1.29 is 4.79 Å². The molecule has 0 amide bonds. The maximum Gasteiger partial charge on any atom is 0.173 e. The highest BCUT2D eigenvalue weighted by molar-refractivity contribution is 9.09. The van der Waals surface area contributed by atoms with Gasteiger partial charge < -0.3 is 5.73 Å². The van der Waals surface area contributed by atoms with E-state index in [1.54, 1.807) is 0 Å². The Labute approximate surface area is 86.3 Å². The predicted molar refractivity (Wildman–Crippen MR) is 58.5 cm³/mol. The Bertz CT molecular complexity index is 347. The number of aryl methyl sites for hydroxylation is 2. The van der Waals surface area contributed by atoms with Crippen LogP contribution in [0.1, 0.15) is 21.5 Å². The number of halogens is 1. The number of nitrogens with two attached hydrogens (primary N) is 1. The molecule has 0 radical (unpaired) electrons. The van der Waals surface area contributed by atoms with Crippen LogP contribution in [0.2, 0.25) is 0 Å². The number of alkyl halides is 1. The molecule has 0 aliphatic rings.